The SMILES string of the molecule is CCCOc1cncc(C(CN(C)C)NCC)c1. The third-order valence-corrected chi connectivity index (χ3v) is 2.61. The first kappa shape index (κ1) is 14.9. The maximum Gasteiger partial charge on any atom is 0.137 e. The van der Waals surface area contributed by atoms with Crippen LogP contribution in [-0.2, 0) is 0 Å². The number of hydrogen-bond donors (Lipinski definition) is 1. The van der Waals surface area contributed by atoms with Crippen LogP contribution in [0.1, 0.15) is 31.9 Å². The minimum absolute atomic E-state index is 0.294. The minimum atomic E-state index is 0.294. The second-order valence-electron chi connectivity index (χ2n) is 4.67. The molecule has 0 aliphatic heterocycles. The summed E-state index contributed by atoms with van der Waals surface area (Å²) in [7, 11) is 4.16. The summed E-state index contributed by atoms with van der Waals surface area (Å²) in [5.41, 5.74) is 1.18. The molecule has 102 valence electrons. The van der Waals surface area contributed by atoms with E-state index in [1.54, 1.807) is 6.20 Å². The first-order valence-electron chi connectivity index (χ1n) is 6.63. The van der Waals surface area contributed by atoms with Gasteiger partial charge < -0.3 is 15.0 Å². The number of aromatic nitrogens is 1. The molecular formula is C14H25N3O. The van der Waals surface area contributed by atoms with Crippen molar-refractivity contribution in [3.63, 3.8) is 0 Å². The molecule has 1 aromatic heterocycles. The van der Waals surface area contributed by atoms with Crippen molar-refractivity contribution in [1.82, 2.24) is 15.2 Å². The van der Waals surface area contributed by atoms with E-state index in [9.17, 15) is 0 Å². The minimum Gasteiger partial charge on any atom is -0.492 e. The van der Waals surface area contributed by atoms with Crippen LogP contribution in [0.3, 0.4) is 0 Å². The number of nitrogens with one attached hydrogen (secondary N) is 1. The summed E-state index contributed by atoms with van der Waals surface area (Å²) in [6.07, 6.45) is 4.70. The van der Waals surface area contributed by atoms with Crippen molar-refractivity contribution in [3.8, 4) is 5.75 Å². The molecule has 18 heavy (non-hydrogen) atoms. The summed E-state index contributed by atoms with van der Waals surface area (Å²) in [5, 5.41) is 3.48. The number of hydrogen-bond acceptors (Lipinski definition) is 4. The molecule has 0 spiro atoms. The zero-order valence-electron chi connectivity index (χ0n) is 11.9. The first-order chi connectivity index (χ1) is 8.67. The van der Waals surface area contributed by atoms with E-state index in [1.165, 1.54) is 5.56 Å². The van der Waals surface area contributed by atoms with E-state index in [2.05, 4.69) is 49.2 Å². The third-order valence-electron chi connectivity index (χ3n) is 2.61. The molecule has 0 saturated heterocycles. The van der Waals surface area contributed by atoms with Crippen molar-refractivity contribution in [2.75, 3.05) is 33.8 Å². The van der Waals surface area contributed by atoms with E-state index in [0.717, 1.165) is 31.9 Å². The van der Waals surface area contributed by atoms with Crippen molar-refractivity contribution in [3.05, 3.63) is 24.0 Å². The van der Waals surface area contributed by atoms with Crippen LogP contribution < -0.4 is 10.1 Å². The van der Waals surface area contributed by atoms with Crippen molar-refractivity contribution >= 4 is 0 Å². The van der Waals surface area contributed by atoms with Gasteiger partial charge >= 0.3 is 0 Å². The van der Waals surface area contributed by atoms with Gasteiger partial charge in [0.05, 0.1) is 12.8 Å². The summed E-state index contributed by atoms with van der Waals surface area (Å²) in [6.45, 7) is 6.86. The van der Waals surface area contributed by atoms with Gasteiger partial charge in [0.25, 0.3) is 0 Å². The van der Waals surface area contributed by atoms with Crippen LogP contribution in [0.15, 0.2) is 18.5 Å². The van der Waals surface area contributed by atoms with Gasteiger partial charge in [0.15, 0.2) is 0 Å². The maximum atomic E-state index is 5.63. The van der Waals surface area contributed by atoms with Crippen LogP contribution >= 0.6 is 0 Å². The highest BCUT2D eigenvalue weighted by Gasteiger charge is 2.12. The lowest BCUT2D eigenvalue weighted by Gasteiger charge is -2.22. The number of likely N-dealkylation sites (N-methyl/N-ethyl adjacent to an activating group) is 2. The van der Waals surface area contributed by atoms with Gasteiger partial charge in [-0.2, -0.15) is 0 Å². The average Bonchev–Trinajstić information content (AvgIpc) is 2.36. The van der Waals surface area contributed by atoms with Crippen LogP contribution in [0.2, 0.25) is 0 Å². The fourth-order valence-electron chi connectivity index (χ4n) is 1.82. The topological polar surface area (TPSA) is 37.4 Å². The zero-order valence-corrected chi connectivity index (χ0v) is 11.9. The highest BCUT2D eigenvalue weighted by atomic mass is 16.5. The Morgan fingerprint density at radius 3 is 2.72 bits per heavy atom. The van der Waals surface area contributed by atoms with Gasteiger partial charge in [0.1, 0.15) is 5.75 Å². The Balaban J connectivity index is 2.76. The first-order valence-corrected chi connectivity index (χ1v) is 6.63. The summed E-state index contributed by atoms with van der Waals surface area (Å²) in [4.78, 5) is 6.44. The predicted octanol–water partition coefficient (Wildman–Crippen LogP) is 2.08. The van der Waals surface area contributed by atoms with Crippen LogP contribution in [0, 0.1) is 0 Å². The lowest BCUT2D eigenvalue weighted by molar-refractivity contribution is 0.313. The summed E-state index contributed by atoms with van der Waals surface area (Å²) >= 11 is 0. The van der Waals surface area contributed by atoms with E-state index >= 15 is 0 Å². The summed E-state index contributed by atoms with van der Waals surface area (Å²) < 4.78 is 5.63. The Labute approximate surface area is 110 Å². The molecular weight excluding hydrogens is 226 g/mol. The molecule has 4 heteroatoms. The van der Waals surface area contributed by atoms with E-state index in [0.29, 0.717) is 6.04 Å². The van der Waals surface area contributed by atoms with Crippen LogP contribution in [0.25, 0.3) is 0 Å². The standard InChI is InChI=1S/C14H25N3O/c1-5-7-18-13-8-12(9-15-10-13)14(16-6-2)11-17(3)4/h8-10,14,16H,5-7,11H2,1-4H3. The van der Waals surface area contributed by atoms with Gasteiger partial charge in [0, 0.05) is 18.8 Å². The van der Waals surface area contributed by atoms with Gasteiger partial charge in [0.2, 0.25) is 0 Å². The van der Waals surface area contributed by atoms with Crippen molar-refractivity contribution in [1.29, 1.82) is 0 Å². The van der Waals surface area contributed by atoms with E-state index in [4.69, 9.17) is 4.74 Å². The fraction of sp³-hybridized carbons (Fsp3) is 0.643. The Bertz CT molecular complexity index is 342. The highest BCUT2D eigenvalue weighted by Crippen LogP contribution is 2.18. The Hall–Kier alpha value is -1.13. The van der Waals surface area contributed by atoms with E-state index < -0.39 is 0 Å². The molecule has 0 aromatic carbocycles. The molecule has 1 unspecified atom stereocenters. The lowest BCUT2D eigenvalue weighted by atomic mass is 10.1. The highest BCUT2D eigenvalue weighted by molar-refractivity contribution is 5.26. The van der Waals surface area contributed by atoms with E-state index in [-0.39, 0.29) is 0 Å². The monoisotopic (exact) mass is 251 g/mol. The number of pyridine rings is 1. The average molecular weight is 251 g/mol. The van der Waals surface area contributed by atoms with Gasteiger partial charge in [-0.3, -0.25) is 4.98 Å². The Morgan fingerprint density at radius 1 is 1.33 bits per heavy atom. The van der Waals surface area contributed by atoms with Crippen LogP contribution in [-0.4, -0.2) is 43.7 Å². The van der Waals surface area contributed by atoms with Gasteiger partial charge in [-0.25, -0.2) is 0 Å². The van der Waals surface area contributed by atoms with Crippen molar-refractivity contribution in [2.45, 2.75) is 26.3 Å². The number of nitrogens with zero attached hydrogens (tertiary/aromatic N) is 2. The molecule has 4 nitrogen and oxygen atoms in total. The molecule has 0 amide bonds. The second-order valence-corrected chi connectivity index (χ2v) is 4.67. The van der Waals surface area contributed by atoms with Gasteiger partial charge in [-0.15, -0.1) is 0 Å². The normalized spacial score (nSPS) is 12.7. The molecule has 1 rings (SSSR count). The quantitative estimate of drug-likeness (QED) is 0.767. The van der Waals surface area contributed by atoms with Crippen molar-refractivity contribution < 1.29 is 4.74 Å². The van der Waals surface area contributed by atoms with Crippen LogP contribution in [0.5, 0.6) is 5.75 Å². The molecule has 1 atom stereocenters. The lowest BCUT2D eigenvalue weighted by Crippen LogP contribution is -2.31. The second kappa shape index (κ2) is 8.06. The van der Waals surface area contributed by atoms with Gasteiger partial charge in [-0.05, 0) is 38.7 Å². The molecule has 0 saturated carbocycles. The molecule has 0 radical (unpaired) electrons. The third kappa shape index (κ3) is 5.02. The van der Waals surface area contributed by atoms with Crippen molar-refractivity contribution in [2.24, 2.45) is 0 Å². The van der Waals surface area contributed by atoms with Crippen LogP contribution in [0.4, 0.5) is 0 Å². The molecule has 0 aliphatic carbocycles. The molecule has 0 fully saturated rings. The molecule has 1 aromatic rings. The van der Waals surface area contributed by atoms with Gasteiger partial charge in [-0.1, -0.05) is 13.8 Å². The zero-order chi connectivity index (χ0) is 13.4. The Kier molecular flexibility index (Phi) is 6.68. The fourth-order valence-corrected chi connectivity index (χ4v) is 1.82. The summed E-state index contributed by atoms with van der Waals surface area (Å²) in [6, 6.07) is 2.38. The molecule has 0 aliphatic rings. The smallest absolute Gasteiger partial charge is 0.137 e. The summed E-state index contributed by atoms with van der Waals surface area (Å²) in [5.74, 6) is 0.857. The molecule has 1 heterocycles. The molecule has 1 N–H and O–H groups in total. The molecule has 0 bridgehead atoms. The Morgan fingerprint density at radius 2 is 2.11 bits per heavy atom. The predicted molar refractivity (Wildman–Crippen MR) is 75.0 cm³/mol. The maximum absolute atomic E-state index is 5.63. The number of rotatable bonds is 8. The van der Waals surface area contributed by atoms with E-state index in [1.807, 2.05) is 6.20 Å². The number of ether oxygens (including phenoxy) is 1. The largest absolute Gasteiger partial charge is 0.492 e.